The van der Waals surface area contributed by atoms with Crippen LogP contribution in [0.5, 0.6) is 5.75 Å². The molecule has 2 saturated carbocycles. The Morgan fingerprint density at radius 3 is 1.97 bits per heavy atom. The molecule has 1 heterocycles. The quantitative estimate of drug-likeness (QED) is 0.0887. The molecule has 0 spiro atoms. The molecule has 6 aromatic rings. The van der Waals surface area contributed by atoms with Gasteiger partial charge >= 0.3 is 0 Å². The molecule has 0 aliphatic heterocycles. The molecule has 2 fully saturated rings. The Bertz CT molecular complexity index is 2620. The lowest BCUT2D eigenvalue weighted by Crippen LogP contribution is -2.42. The highest BCUT2D eigenvalue weighted by atomic mass is 32.3. The normalized spacial score (nSPS) is 21.0. The SMILES string of the molecule is CCOC(C)Oc1ccc(S(OS(=O)(=O)CC23CCC(CC2=O)C3(C)C)(c2ccccc2)c2ccc(C(OC)(OC)c3ccc4c(c3)c3ccccc3n4CC)cc2)cc1. The summed E-state index contributed by atoms with van der Waals surface area (Å²) in [6, 6.07) is 39.2. The summed E-state index contributed by atoms with van der Waals surface area (Å²) >= 11 is 0. The molecule has 0 N–H and O–H groups in total. The summed E-state index contributed by atoms with van der Waals surface area (Å²) in [4.78, 5) is 15.7. The molecule has 9 nitrogen and oxygen atoms in total. The van der Waals surface area contributed by atoms with Crippen molar-refractivity contribution >= 4 is 48.0 Å². The van der Waals surface area contributed by atoms with Crippen LogP contribution in [0.4, 0.5) is 0 Å². The first-order valence-corrected chi connectivity index (χ1v) is 23.9. The molecular weight excluding hydrogens is 795 g/mol. The van der Waals surface area contributed by atoms with Crippen molar-refractivity contribution in [1.82, 2.24) is 4.57 Å². The summed E-state index contributed by atoms with van der Waals surface area (Å²) in [6.07, 6.45) is 1.27. The van der Waals surface area contributed by atoms with Gasteiger partial charge in [-0.3, -0.25) is 4.79 Å². The van der Waals surface area contributed by atoms with Crippen LogP contribution in [0, 0.1) is 16.7 Å². The van der Waals surface area contributed by atoms with Crippen molar-refractivity contribution in [3.8, 4) is 5.75 Å². The molecule has 1 aromatic heterocycles. The molecule has 2 aliphatic rings. The van der Waals surface area contributed by atoms with Crippen molar-refractivity contribution in [1.29, 1.82) is 0 Å². The predicted molar refractivity (Wildman–Crippen MR) is 237 cm³/mol. The number of ketones is 1. The first kappa shape index (κ1) is 42.2. The minimum atomic E-state index is -4.37. The number of ether oxygens (including phenoxy) is 4. The molecule has 5 aromatic carbocycles. The van der Waals surface area contributed by atoms with Gasteiger partial charge in [-0.15, -0.1) is 0 Å². The second-order valence-electron chi connectivity index (χ2n) is 16.5. The van der Waals surface area contributed by atoms with Crippen LogP contribution in [0.3, 0.4) is 0 Å². The van der Waals surface area contributed by atoms with E-state index >= 15 is 0 Å². The molecule has 2 aliphatic carbocycles. The van der Waals surface area contributed by atoms with Crippen LogP contribution in [0.25, 0.3) is 21.8 Å². The fourth-order valence-corrected chi connectivity index (χ4v) is 16.1. The van der Waals surface area contributed by atoms with Crippen LogP contribution in [0.15, 0.2) is 136 Å². The van der Waals surface area contributed by atoms with Gasteiger partial charge in [0.2, 0.25) is 5.79 Å². The summed E-state index contributed by atoms with van der Waals surface area (Å²) in [5.74, 6) is -0.959. The van der Waals surface area contributed by atoms with E-state index in [4.69, 9.17) is 22.6 Å². The van der Waals surface area contributed by atoms with Gasteiger partial charge in [-0.1, -0.05) is 68.4 Å². The molecule has 60 heavy (non-hydrogen) atoms. The van der Waals surface area contributed by atoms with Crippen molar-refractivity contribution in [3.63, 3.8) is 0 Å². The molecule has 0 radical (unpaired) electrons. The number of nitrogens with zero attached hydrogens (tertiary/aromatic N) is 1. The molecule has 4 unspecified atom stereocenters. The third-order valence-corrected chi connectivity index (χ3v) is 18.6. The largest absolute Gasteiger partial charge is 0.465 e. The van der Waals surface area contributed by atoms with Gasteiger partial charge in [-0.05, 0) is 122 Å². The van der Waals surface area contributed by atoms with E-state index in [2.05, 4.69) is 47.9 Å². The number of aryl methyl sites for hydroxylation is 1. The van der Waals surface area contributed by atoms with Crippen LogP contribution in [0.1, 0.15) is 65.0 Å². The summed E-state index contributed by atoms with van der Waals surface area (Å²) in [5, 5.41) is 2.23. The monoisotopic (exact) mass is 849 g/mol. The van der Waals surface area contributed by atoms with E-state index in [0.29, 0.717) is 45.4 Å². The van der Waals surface area contributed by atoms with Gasteiger partial charge in [0.1, 0.15) is 11.5 Å². The maximum absolute atomic E-state index is 14.9. The summed E-state index contributed by atoms with van der Waals surface area (Å²) < 4.78 is 63.2. The zero-order chi connectivity index (χ0) is 42.5. The Morgan fingerprint density at radius 2 is 1.37 bits per heavy atom. The molecule has 11 heteroatoms. The first-order valence-electron chi connectivity index (χ1n) is 20.8. The number of carbonyl (C=O) groups is 1. The zero-order valence-corrected chi connectivity index (χ0v) is 37.1. The second-order valence-corrected chi connectivity index (χ2v) is 20.9. The maximum atomic E-state index is 14.9. The molecule has 0 amide bonds. The predicted octanol–water partition coefficient (Wildman–Crippen LogP) is 11.0. The van der Waals surface area contributed by atoms with E-state index in [1.54, 1.807) is 14.2 Å². The van der Waals surface area contributed by atoms with Crippen molar-refractivity contribution in [2.45, 2.75) is 87.2 Å². The Hall–Kier alpha value is -4.49. The number of hydrogen-bond acceptors (Lipinski definition) is 8. The minimum absolute atomic E-state index is 0.0124. The van der Waals surface area contributed by atoms with Gasteiger partial charge in [0.15, 0.2) is 6.29 Å². The fourth-order valence-electron chi connectivity index (χ4n) is 10.1. The number of methoxy groups -OCH3 is 2. The van der Waals surface area contributed by atoms with Crippen LogP contribution >= 0.6 is 10.3 Å². The molecule has 4 atom stereocenters. The van der Waals surface area contributed by atoms with Crippen molar-refractivity contribution in [3.05, 3.63) is 132 Å². The van der Waals surface area contributed by atoms with Gasteiger partial charge in [0.05, 0.1) is 11.2 Å². The second kappa shape index (κ2) is 16.1. The smallest absolute Gasteiger partial charge is 0.278 e. The molecule has 8 rings (SSSR count). The Labute approximate surface area is 355 Å². The van der Waals surface area contributed by atoms with Crippen LogP contribution < -0.4 is 4.74 Å². The Morgan fingerprint density at radius 1 is 0.767 bits per heavy atom. The van der Waals surface area contributed by atoms with Crippen molar-refractivity contribution in [2.75, 3.05) is 26.6 Å². The van der Waals surface area contributed by atoms with Crippen molar-refractivity contribution in [2.24, 2.45) is 16.7 Å². The maximum Gasteiger partial charge on any atom is 0.278 e. The summed E-state index contributed by atoms with van der Waals surface area (Å²) in [7, 11) is -4.14. The molecule has 316 valence electrons. The average Bonchev–Trinajstić information content (AvgIpc) is 3.77. The highest BCUT2D eigenvalue weighted by Crippen LogP contribution is 2.71. The van der Waals surface area contributed by atoms with E-state index in [0.717, 1.165) is 40.3 Å². The van der Waals surface area contributed by atoms with Gasteiger partial charge in [-0.2, -0.15) is 8.42 Å². The van der Waals surface area contributed by atoms with Gasteiger partial charge in [0.25, 0.3) is 10.1 Å². The van der Waals surface area contributed by atoms with Crippen LogP contribution in [0.2, 0.25) is 0 Å². The van der Waals surface area contributed by atoms with Gasteiger partial charge in [0, 0.05) is 81.4 Å². The third kappa shape index (κ3) is 6.78. The highest BCUT2D eigenvalue weighted by molar-refractivity contribution is 8.33. The zero-order valence-electron chi connectivity index (χ0n) is 35.5. The minimum Gasteiger partial charge on any atom is -0.465 e. The van der Waals surface area contributed by atoms with Crippen molar-refractivity contribution < 1.29 is 35.8 Å². The lowest BCUT2D eigenvalue weighted by Gasteiger charge is -2.42. The highest BCUT2D eigenvalue weighted by Gasteiger charge is 2.66. The number of benzene rings is 5. The van der Waals surface area contributed by atoms with Gasteiger partial charge in [-0.25, -0.2) is 3.63 Å². The van der Waals surface area contributed by atoms with Gasteiger partial charge < -0.3 is 23.5 Å². The van der Waals surface area contributed by atoms with E-state index in [1.165, 1.54) is 0 Å². The lowest BCUT2D eigenvalue weighted by molar-refractivity contribution is -0.183. The lowest BCUT2D eigenvalue weighted by atomic mass is 9.70. The number of para-hydroxylation sites is 1. The molecular formula is C49H55NO8S2. The van der Waals surface area contributed by atoms with Crippen LogP contribution in [-0.4, -0.2) is 51.6 Å². The number of carbonyl (C=O) groups excluding carboxylic acids is 1. The standard InChI is InChI=1S/C49H55NO8S2/c1-8-50-44-18-14-13-17-42(44)43-31-37(21-28-45(43)50)49(54-6,55-7)35-19-24-40(25-20-35)60(39-15-11-10-12-16-39,41-26-22-38(23-27-41)57-34(3)56-9-2)58-59(52,53)33-48-30-29-36(32-46(48)51)47(48,4)5/h10-28,31,34,36H,8-9,29-30,32-33H2,1-7H3. The average molecular weight is 850 g/mol. The third-order valence-electron chi connectivity index (χ3n) is 13.3. The Kier molecular flexibility index (Phi) is 11.3. The number of rotatable bonds is 16. The first-order chi connectivity index (χ1) is 28.8. The number of hydrogen-bond donors (Lipinski definition) is 0. The Balaban J connectivity index is 1.27. The molecule has 0 saturated heterocycles. The summed E-state index contributed by atoms with van der Waals surface area (Å²) in [5.41, 5.74) is 2.30. The van der Waals surface area contributed by atoms with E-state index < -0.39 is 43.3 Å². The van der Waals surface area contributed by atoms with E-state index in [-0.39, 0.29) is 17.5 Å². The topological polar surface area (TPSA) is 102 Å². The fraction of sp³-hybridized carbons (Fsp3) is 0.367. The van der Waals surface area contributed by atoms with E-state index in [9.17, 15) is 13.2 Å². The van der Waals surface area contributed by atoms with Crippen LogP contribution in [-0.2, 0) is 45.1 Å². The van der Waals surface area contributed by atoms with E-state index in [1.807, 2.05) is 113 Å². The molecule has 2 bridgehead atoms. The summed E-state index contributed by atoms with van der Waals surface area (Å²) in [6.45, 7) is 11.3. The number of Topliss-reactive ketones (excluding diaryl/α,β-unsaturated/α-hetero) is 1. The number of fused-ring (bicyclic) bond motifs is 5. The number of aromatic nitrogens is 1.